The summed E-state index contributed by atoms with van der Waals surface area (Å²) in [5.74, 6) is 0.835. The van der Waals surface area contributed by atoms with Crippen LogP contribution in [0.5, 0.6) is 5.75 Å². The zero-order chi connectivity index (χ0) is 19.7. The third kappa shape index (κ3) is 3.87. The molecule has 4 rings (SSSR count). The fourth-order valence-corrected chi connectivity index (χ4v) is 5.03. The molecule has 28 heavy (non-hydrogen) atoms. The second-order valence-corrected chi connectivity index (χ2v) is 8.70. The Bertz CT molecular complexity index is 985. The zero-order valence-electron chi connectivity index (χ0n) is 16.0. The van der Waals surface area contributed by atoms with E-state index in [4.69, 9.17) is 16.3 Å². The van der Waals surface area contributed by atoms with E-state index < -0.39 is 6.10 Å². The van der Waals surface area contributed by atoms with Crippen LogP contribution >= 0.6 is 22.9 Å². The molecule has 1 aliphatic heterocycles. The molecule has 1 atom stereocenters. The molecule has 3 aromatic rings. The number of fused-ring (bicyclic) bond motifs is 1. The minimum atomic E-state index is -0.487. The Morgan fingerprint density at radius 2 is 2.07 bits per heavy atom. The van der Waals surface area contributed by atoms with Crippen molar-refractivity contribution in [3.8, 4) is 17.0 Å². The number of hydrogen-bond donors (Lipinski definition) is 2. The van der Waals surface area contributed by atoms with E-state index in [9.17, 15) is 5.11 Å². The van der Waals surface area contributed by atoms with Crippen LogP contribution in [-0.2, 0) is 0 Å². The molecule has 5 nitrogen and oxygen atoms in total. The Labute approximate surface area is 173 Å². The van der Waals surface area contributed by atoms with E-state index in [1.165, 1.54) is 11.3 Å². The molecule has 148 valence electrons. The lowest BCUT2D eigenvalue weighted by atomic mass is 10.0. The zero-order valence-corrected chi connectivity index (χ0v) is 17.6. The summed E-state index contributed by atoms with van der Waals surface area (Å²) in [5.41, 5.74) is 3.52. The lowest BCUT2D eigenvalue weighted by molar-refractivity contribution is 0.162. The average Bonchev–Trinajstić information content (AvgIpc) is 3.14. The number of aromatic nitrogens is 2. The van der Waals surface area contributed by atoms with Gasteiger partial charge in [0, 0.05) is 15.5 Å². The van der Waals surface area contributed by atoms with Crippen LogP contribution in [0.2, 0.25) is 5.02 Å². The molecule has 3 heterocycles. The number of rotatable bonds is 5. The maximum atomic E-state index is 10.3. The number of halogens is 1. The number of nitrogens with zero attached hydrogens (tertiary/aromatic N) is 2. The van der Waals surface area contributed by atoms with Gasteiger partial charge in [0.1, 0.15) is 18.2 Å². The first kappa shape index (κ1) is 19.6. The SMILES string of the molecule is CCC(O)c1cc2ncnc(-c3cc(Cl)cc(C)c3OC3CCNCC3)c2s1. The quantitative estimate of drug-likeness (QED) is 0.618. The van der Waals surface area contributed by atoms with Gasteiger partial charge in [0.05, 0.1) is 22.0 Å². The third-order valence-electron chi connectivity index (χ3n) is 5.11. The molecule has 0 aliphatic carbocycles. The lowest BCUT2D eigenvalue weighted by Gasteiger charge is -2.26. The minimum Gasteiger partial charge on any atom is -0.489 e. The van der Waals surface area contributed by atoms with Crippen molar-refractivity contribution in [2.45, 2.75) is 45.3 Å². The second kappa shape index (κ2) is 8.33. The molecule has 7 heteroatoms. The molecule has 2 N–H and O–H groups in total. The summed E-state index contributed by atoms with van der Waals surface area (Å²) in [6, 6.07) is 5.80. The Morgan fingerprint density at radius 3 is 2.82 bits per heavy atom. The monoisotopic (exact) mass is 417 g/mol. The summed E-state index contributed by atoms with van der Waals surface area (Å²) in [4.78, 5) is 9.88. The Morgan fingerprint density at radius 1 is 1.29 bits per heavy atom. The van der Waals surface area contributed by atoms with Gasteiger partial charge in [-0.3, -0.25) is 0 Å². The summed E-state index contributed by atoms with van der Waals surface area (Å²) < 4.78 is 7.39. The predicted octanol–water partition coefficient (Wildman–Crippen LogP) is 4.89. The maximum absolute atomic E-state index is 10.3. The second-order valence-electron chi connectivity index (χ2n) is 7.18. The number of piperidine rings is 1. The normalized spacial score (nSPS) is 16.4. The van der Waals surface area contributed by atoms with Crippen molar-refractivity contribution in [1.82, 2.24) is 15.3 Å². The van der Waals surface area contributed by atoms with Crippen LogP contribution in [0.4, 0.5) is 0 Å². The maximum Gasteiger partial charge on any atom is 0.132 e. The van der Waals surface area contributed by atoms with Crippen molar-refractivity contribution >= 4 is 33.2 Å². The van der Waals surface area contributed by atoms with Crippen molar-refractivity contribution in [2.75, 3.05) is 13.1 Å². The number of nitrogens with one attached hydrogen (secondary N) is 1. The van der Waals surface area contributed by atoms with Crippen molar-refractivity contribution in [3.63, 3.8) is 0 Å². The van der Waals surface area contributed by atoms with Gasteiger partial charge in [0.15, 0.2) is 0 Å². The van der Waals surface area contributed by atoms with Crippen molar-refractivity contribution in [2.24, 2.45) is 0 Å². The van der Waals surface area contributed by atoms with E-state index in [1.807, 2.05) is 32.0 Å². The van der Waals surface area contributed by atoms with Crippen LogP contribution in [0.25, 0.3) is 21.5 Å². The molecular weight excluding hydrogens is 394 g/mol. The van der Waals surface area contributed by atoms with Crippen LogP contribution in [0.1, 0.15) is 42.7 Å². The summed E-state index contributed by atoms with van der Waals surface area (Å²) in [6.07, 6.45) is 3.88. The van der Waals surface area contributed by atoms with E-state index in [1.54, 1.807) is 6.33 Å². The van der Waals surface area contributed by atoms with Gasteiger partial charge in [0.25, 0.3) is 0 Å². The molecule has 1 aliphatic rings. The molecule has 2 aromatic heterocycles. The molecule has 1 aromatic carbocycles. The van der Waals surface area contributed by atoms with Crippen LogP contribution in [0, 0.1) is 6.92 Å². The van der Waals surface area contributed by atoms with Crippen LogP contribution in [0.15, 0.2) is 24.5 Å². The molecule has 0 radical (unpaired) electrons. The number of aliphatic hydroxyl groups is 1. The average molecular weight is 418 g/mol. The van der Waals surface area contributed by atoms with Crippen LogP contribution in [-0.4, -0.2) is 34.3 Å². The molecule has 1 saturated heterocycles. The summed E-state index contributed by atoms with van der Waals surface area (Å²) >= 11 is 7.93. The van der Waals surface area contributed by atoms with E-state index >= 15 is 0 Å². The number of hydrogen-bond acceptors (Lipinski definition) is 6. The minimum absolute atomic E-state index is 0.179. The summed E-state index contributed by atoms with van der Waals surface area (Å²) in [6.45, 7) is 5.92. The van der Waals surface area contributed by atoms with Gasteiger partial charge in [-0.1, -0.05) is 18.5 Å². The molecule has 1 unspecified atom stereocenters. The first-order chi connectivity index (χ1) is 13.6. The largest absolute Gasteiger partial charge is 0.489 e. The Hall–Kier alpha value is -1.73. The molecule has 1 fully saturated rings. The van der Waals surface area contributed by atoms with E-state index in [-0.39, 0.29) is 6.10 Å². The smallest absolute Gasteiger partial charge is 0.132 e. The van der Waals surface area contributed by atoms with Gasteiger partial charge < -0.3 is 15.2 Å². The van der Waals surface area contributed by atoms with Crippen molar-refractivity contribution < 1.29 is 9.84 Å². The third-order valence-corrected chi connectivity index (χ3v) is 6.56. The summed E-state index contributed by atoms with van der Waals surface area (Å²) in [7, 11) is 0. The standard InChI is InChI=1S/C21H24ClN3O2S/c1-3-17(26)18-10-16-21(28-18)19(25-11-24-16)15-9-13(22)8-12(2)20(15)27-14-4-6-23-7-5-14/h8-11,14,17,23,26H,3-7H2,1-2H3. The topological polar surface area (TPSA) is 67.3 Å². The fourth-order valence-electron chi connectivity index (χ4n) is 3.57. The molecule has 0 spiro atoms. The van der Waals surface area contributed by atoms with Gasteiger partial charge in [-0.25, -0.2) is 9.97 Å². The Balaban J connectivity index is 1.83. The van der Waals surface area contributed by atoms with Crippen molar-refractivity contribution in [3.05, 3.63) is 40.0 Å². The molecule has 0 saturated carbocycles. The van der Waals surface area contributed by atoms with Gasteiger partial charge in [0.2, 0.25) is 0 Å². The number of ether oxygens (including phenoxy) is 1. The predicted molar refractivity (Wildman–Crippen MR) is 114 cm³/mol. The molecule has 0 amide bonds. The van der Waals surface area contributed by atoms with Gasteiger partial charge in [-0.05, 0) is 63.0 Å². The van der Waals surface area contributed by atoms with E-state index in [0.29, 0.717) is 11.4 Å². The van der Waals surface area contributed by atoms with Crippen LogP contribution in [0.3, 0.4) is 0 Å². The van der Waals surface area contributed by atoms with Crippen molar-refractivity contribution in [1.29, 1.82) is 0 Å². The highest BCUT2D eigenvalue weighted by atomic mass is 35.5. The number of thiophene rings is 1. The molecular formula is C21H24ClN3O2S. The number of aliphatic hydroxyl groups excluding tert-OH is 1. The van der Waals surface area contributed by atoms with Gasteiger partial charge in [-0.15, -0.1) is 11.3 Å². The highest BCUT2D eigenvalue weighted by Crippen LogP contribution is 2.42. The van der Waals surface area contributed by atoms with E-state index in [2.05, 4.69) is 15.3 Å². The highest BCUT2D eigenvalue weighted by molar-refractivity contribution is 7.19. The fraction of sp³-hybridized carbons (Fsp3) is 0.429. The van der Waals surface area contributed by atoms with Crippen LogP contribution < -0.4 is 10.1 Å². The molecule has 0 bridgehead atoms. The van der Waals surface area contributed by atoms with Gasteiger partial charge in [-0.2, -0.15) is 0 Å². The highest BCUT2D eigenvalue weighted by Gasteiger charge is 2.22. The summed E-state index contributed by atoms with van der Waals surface area (Å²) in [5, 5.41) is 14.3. The Kier molecular flexibility index (Phi) is 5.83. The van der Waals surface area contributed by atoms with E-state index in [0.717, 1.165) is 63.6 Å². The first-order valence-electron chi connectivity index (χ1n) is 9.67. The first-order valence-corrected chi connectivity index (χ1v) is 10.9. The van der Waals surface area contributed by atoms with Gasteiger partial charge >= 0.3 is 0 Å². The number of aryl methyl sites for hydroxylation is 1. The number of benzene rings is 1. The lowest BCUT2D eigenvalue weighted by Crippen LogP contribution is -2.34.